The Labute approximate surface area is 87.8 Å². The van der Waals surface area contributed by atoms with Gasteiger partial charge in [-0.15, -0.1) is 0 Å². The van der Waals surface area contributed by atoms with Gasteiger partial charge in [-0.3, -0.25) is 9.69 Å². The fraction of sp³-hybridized carbons (Fsp3) is 0.900. The van der Waals surface area contributed by atoms with Crippen LogP contribution in [0.1, 0.15) is 12.8 Å². The summed E-state index contributed by atoms with van der Waals surface area (Å²) in [5.74, 6) is 2.33. The van der Waals surface area contributed by atoms with E-state index in [4.69, 9.17) is 5.11 Å². The maximum Gasteiger partial charge on any atom is 0.308 e. The van der Waals surface area contributed by atoms with Gasteiger partial charge in [0.05, 0.1) is 5.92 Å². The summed E-state index contributed by atoms with van der Waals surface area (Å²) in [5.41, 5.74) is 0. The lowest BCUT2D eigenvalue weighted by Gasteiger charge is -2.35. The molecule has 3 nitrogen and oxygen atoms in total. The topological polar surface area (TPSA) is 40.5 Å². The third-order valence-corrected chi connectivity index (χ3v) is 5.14. The van der Waals surface area contributed by atoms with Crippen molar-refractivity contribution in [3.8, 4) is 0 Å². The van der Waals surface area contributed by atoms with E-state index in [1.54, 1.807) is 0 Å². The number of rotatable bonds is 2. The number of carboxylic acid groups (broad SMARTS) is 1. The highest BCUT2D eigenvalue weighted by molar-refractivity contribution is 7.99. The highest BCUT2D eigenvalue weighted by atomic mass is 32.2. The maximum absolute atomic E-state index is 11.0. The highest BCUT2D eigenvalue weighted by Gasteiger charge is 2.57. The zero-order chi connectivity index (χ0) is 9.71. The summed E-state index contributed by atoms with van der Waals surface area (Å²) < 4.78 is 0. The summed E-state index contributed by atoms with van der Waals surface area (Å²) in [5, 5.41) is 9.04. The predicted octanol–water partition coefficient (Wildman–Crippen LogP) is 0.897. The first-order chi connectivity index (χ1) is 6.77. The van der Waals surface area contributed by atoms with Gasteiger partial charge in [-0.05, 0) is 24.5 Å². The standard InChI is InChI=1S/C10H15NO2S/c12-10(13)9-6-3-8(9)11(4-6)7-1-2-14-5-7/h6-9H,1-5H2,(H,12,13). The smallest absolute Gasteiger partial charge is 0.308 e. The van der Waals surface area contributed by atoms with E-state index in [0.717, 1.165) is 13.0 Å². The molecular weight excluding hydrogens is 198 g/mol. The molecule has 2 bridgehead atoms. The zero-order valence-corrected chi connectivity index (χ0v) is 8.87. The molecule has 3 aliphatic heterocycles. The summed E-state index contributed by atoms with van der Waals surface area (Å²) >= 11 is 2.01. The molecule has 4 fully saturated rings. The Morgan fingerprint density at radius 2 is 2.36 bits per heavy atom. The van der Waals surface area contributed by atoms with Gasteiger partial charge in [0.2, 0.25) is 0 Å². The first kappa shape index (κ1) is 9.04. The second kappa shape index (κ2) is 3.14. The fourth-order valence-electron chi connectivity index (χ4n) is 3.23. The van der Waals surface area contributed by atoms with E-state index < -0.39 is 5.97 Å². The molecule has 4 heteroatoms. The number of thioether (sulfide) groups is 1. The minimum atomic E-state index is -0.570. The molecule has 0 aromatic rings. The lowest BCUT2D eigenvalue weighted by molar-refractivity contribution is -0.147. The molecule has 0 amide bonds. The van der Waals surface area contributed by atoms with Gasteiger partial charge >= 0.3 is 5.97 Å². The van der Waals surface area contributed by atoms with Crippen molar-refractivity contribution in [3.63, 3.8) is 0 Å². The van der Waals surface area contributed by atoms with E-state index in [2.05, 4.69) is 4.90 Å². The number of aliphatic carboxylic acids is 1. The molecule has 4 atom stereocenters. The maximum atomic E-state index is 11.0. The average molecular weight is 213 g/mol. The molecular formula is C10H15NO2S. The minimum Gasteiger partial charge on any atom is -0.481 e. The van der Waals surface area contributed by atoms with Crippen molar-refractivity contribution in [2.45, 2.75) is 24.9 Å². The van der Waals surface area contributed by atoms with Gasteiger partial charge in [-0.1, -0.05) is 0 Å². The number of hydrogen-bond acceptors (Lipinski definition) is 3. The molecule has 14 heavy (non-hydrogen) atoms. The van der Waals surface area contributed by atoms with Crippen LogP contribution in [-0.4, -0.2) is 46.1 Å². The van der Waals surface area contributed by atoms with E-state index in [0.29, 0.717) is 18.0 Å². The summed E-state index contributed by atoms with van der Waals surface area (Å²) in [4.78, 5) is 13.4. The second-order valence-corrected chi connectivity index (χ2v) is 5.79. The summed E-state index contributed by atoms with van der Waals surface area (Å²) in [6.07, 6.45) is 2.40. The van der Waals surface area contributed by atoms with Crippen molar-refractivity contribution in [2.24, 2.45) is 11.8 Å². The Bertz CT molecular complexity index is 265. The van der Waals surface area contributed by atoms with E-state index in [1.165, 1.54) is 17.9 Å². The number of hydrogen-bond donors (Lipinski definition) is 1. The van der Waals surface area contributed by atoms with Crippen LogP contribution in [0, 0.1) is 11.8 Å². The molecule has 78 valence electrons. The number of carbonyl (C=O) groups is 1. The molecule has 3 saturated heterocycles. The Balaban J connectivity index is 1.71. The molecule has 0 radical (unpaired) electrons. The molecule has 0 spiro atoms. The summed E-state index contributed by atoms with van der Waals surface area (Å²) in [6, 6.07) is 1.06. The van der Waals surface area contributed by atoms with Gasteiger partial charge in [-0.25, -0.2) is 0 Å². The molecule has 0 aromatic carbocycles. The highest BCUT2D eigenvalue weighted by Crippen LogP contribution is 2.48. The van der Waals surface area contributed by atoms with Crippen LogP contribution in [-0.2, 0) is 4.79 Å². The molecule has 1 N–H and O–H groups in total. The molecule has 1 saturated carbocycles. The monoisotopic (exact) mass is 213 g/mol. The van der Waals surface area contributed by atoms with E-state index in [9.17, 15) is 4.79 Å². The first-order valence-electron chi connectivity index (χ1n) is 5.33. The van der Waals surface area contributed by atoms with Crippen LogP contribution in [0.5, 0.6) is 0 Å². The predicted molar refractivity (Wildman–Crippen MR) is 55.5 cm³/mol. The van der Waals surface area contributed by atoms with Crippen molar-refractivity contribution < 1.29 is 9.90 Å². The van der Waals surface area contributed by atoms with Crippen LogP contribution >= 0.6 is 11.8 Å². The Hall–Kier alpha value is -0.220. The third kappa shape index (κ3) is 1.13. The van der Waals surface area contributed by atoms with Crippen molar-refractivity contribution in [3.05, 3.63) is 0 Å². The molecule has 4 rings (SSSR count). The largest absolute Gasteiger partial charge is 0.481 e. The van der Waals surface area contributed by atoms with Crippen LogP contribution in [0.2, 0.25) is 0 Å². The fourth-order valence-corrected chi connectivity index (χ4v) is 4.46. The second-order valence-electron chi connectivity index (χ2n) is 4.64. The van der Waals surface area contributed by atoms with Crippen LogP contribution in [0.25, 0.3) is 0 Å². The van der Waals surface area contributed by atoms with Crippen molar-refractivity contribution in [1.29, 1.82) is 0 Å². The normalized spacial score (nSPS) is 46.6. The van der Waals surface area contributed by atoms with Crippen molar-refractivity contribution in [2.75, 3.05) is 18.1 Å². The zero-order valence-electron chi connectivity index (χ0n) is 8.06. The summed E-state index contributed by atoms with van der Waals surface area (Å²) in [7, 11) is 0. The lowest BCUT2D eigenvalue weighted by atomic mass is 9.74. The van der Waals surface area contributed by atoms with E-state index in [1.807, 2.05) is 11.8 Å². The third-order valence-electron chi connectivity index (χ3n) is 4.00. The Kier molecular flexibility index (Phi) is 2.02. The summed E-state index contributed by atoms with van der Waals surface area (Å²) in [6.45, 7) is 1.05. The SMILES string of the molecule is O=C(O)C1C2CC1N(C1CCSC1)C2. The lowest BCUT2D eigenvalue weighted by Crippen LogP contribution is -2.46. The number of nitrogens with zero attached hydrogens (tertiary/aromatic N) is 1. The van der Waals surface area contributed by atoms with Crippen LogP contribution in [0.15, 0.2) is 0 Å². The Morgan fingerprint density at radius 1 is 1.50 bits per heavy atom. The quantitative estimate of drug-likeness (QED) is 0.740. The van der Waals surface area contributed by atoms with Gasteiger partial charge in [0.1, 0.15) is 0 Å². The molecule has 1 aliphatic carbocycles. The Morgan fingerprint density at radius 3 is 2.93 bits per heavy atom. The molecule has 4 unspecified atom stereocenters. The average Bonchev–Trinajstić information content (AvgIpc) is 2.76. The van der Waals surface area contributed by atoms with E-state index >= 15 is 0 Å². The minimum absolute atomic E-state index is 0.0411. The van der Waals surface area contributed by atoms with Crippen LogP contribution in [0.3, 0.4) is 0 Å². The number of carboxylic acids is 1. The molecule has 0 aromatic heterocycles. The van der Waals surface area contributed by atoms with Crippen LogP contribution < -0.4 is 0 Å². The first-order valence-corrected chi connectivity index (χ1v) is 6.49. The molecule has 4 aliphatic rings. The van der Waals surface area contributed by atoms with Crippen molar-refractivity contribution in [1.82, 2.24) is 4.90 Å². The van der Waals surface area contributed by atoms with Gasteiger partial charge in [0.25, 0.3) is 0 Å². The number of fused-ring (bicyclic) bond motifs is 1. The van der Waals surface area contributed by atoms with Gasteiger partial charge in [-0.2, -0.15) is 11.8 Å². The molecule has 3 heterocycles. The van der Waals surface area contributed by atoms with Crippen molar-refractivity contribution >= 4 is 17.7 Å². The van der Waals surface area contributed by atoms with E-state index in [-0.39, 0.29) is 5.92 Å². The van der Waals surface area contributed by atoms with Gasteiger partial charge < -0.3 is 5.11 Å². The van der Waals surface area contributed by atoms with Gasteiger partial charge in [0.15, 0.2) is 0 Å². The van der Waals surface area contributed by atoms with Crippen LogP contribution in [0.4, 0.5) is 0 Å². The van der Waals surface area contributed by atoms with Gasteiger partial charge in [0, 0.05) is 24.4 Å².